The van der Waals surface area contributed by atoms with Gasteiger partial charge in [-0.1, -0.05) is 18.2 Å². The number of carbonyl (C=O) groups is 1. The van der Waals surface area contributed by atoms with Gasteiger partial charge in [-0.3, -0.25) is 4.79 Å². The molecule has 2 heterocycles. The number of amides is 1. The van der Waals surface area contributed by atoms with Crippen LogP contribution in [0.15, 0.2) is 65.1 Å². The van der Waals surface area contributed by atoms with Crippen molar-refractivity contribution >= 4 is 28.4 Å². The average Bonchev–Trinajstić information content (AvgIpc) is 3.48. The number of nitrogens with one attached hydrogen (secondary N) is 1. The van der Waals surface area contributed by atoms with Gasteiger partial charge in [-0.2, -0.15) is 13.2 Å². The fourth-order valence-electron chi connectivity index (χ4n) is 4.30. The number of alkyl halides is 3. The van der Waals surface area contributed by atoms with Gasteiger partial charge in [0.25, 0.3) is 5.91 Å². The maximum atomic E-state index is 13.4. The van der Waals surface area contributed by atoms with Crippen molar-refractivity contribution in [1.29, 1.82) is 0 Å². The van der Waals surface area contributed by atoms with Crippen molar-refractivity contribution < 1.29 is 22.4 Å². The number of hydrogen-bond donors (Lipinski definition) is 1. The third-order valence-corrected chi connectivity index (χ3v) is 5.95. The van der Waals surface area contributed by atoms with Gasteiger partial charge in [0.1, 0.15) is 5.52 Å². The fourth-order valence-corrected chi connectivity index (χ4v) is 4.30. The summed E-state index contributed by atoms with van der Waals surface area (Å²) in [6.45, 7) is 3.74. The maximum absolute atomic E-state index is 13.4. The molecule has 3 aromatic carbocycles. The molecule has 0 aliphatic carbocycles. The number of nitrogens with zero attached hydrogens (tertiary/aromatic N) is 2. The van der Waals surface area contributed by atoms with E-state index in [9.17, 15) is 18.0 Å². The van der Waals surface area contributed by atoms with Crippen molar-refractivity contribution in [3.8, 4) is 11.5 Å². The van der Waals surface area contributed by atoms with Crippen molar-refractivity contribution in [3.05, 3.63) is 77.4 Å². The van der Waals surface area contributed by atoms with Crippen LogP contribution in [0.4, 0.5) is 24.5 Å². The van der Waals surface area contributed by atoms with Crippen LogP contribution in [0.3, 0.4) is 0 Å². The van der Waals surface area contributed by atoms with Gasteiger partial charge in [0.15, 0.2) is 5.58 Å². The predicted octanol–water partition coefficient (Wildman–Crippen LogP) is 6.67. The molecule has 1 aliphatic heterocycles. The lowest BCUT2D eigenvalue weighted by Crippen LogP contribution is -2.20. The first kappa shape index (κ1) is 22.0. The van der Waals surface area contributed by atoms with Gasteiger partial charge >= 0.3 is 6.18 Å². The molecule has 0 radical (unpaired) electrons. The van der Waals surface area contributed by atoms with Crippen molar-refractivity contribution in [3.63, 3.8) is 0 Å². The van der Waals surface area contributed by atoms with Crippen LogP contribution in [0.5, 0.6) is 0 Å². The van der Waals surface area contributed by atoms with E-state index in [1.165, 1.54) is 18.2 Å². The molecule has 0 bridgehead atoms. The van der Waals surface area contributed by atoms with E-state index in [1.807, 2.05) is 31.2 Å². The van der Waals surface area contributed by atoms with Gasteiger partial charge in [-0.05, 0) is 67.8 Å². The molecule has 5 rings (SSSR count). The number of carbonyl (C=O) groups excluding carboxylic acids is 1. The topological polar surface area (TPSA) is 58.4 Å². The lowest BCUT2D eigenvalue weighted by atomic mass is 10.1. The highest BCUT2D eigenvalue weighted by Gasteiger charge is 2.35. The molecule has 0 unspecified atom stereocenters. The molecule has 1 aliphatic rings. The fraction of sp³-hybridized carbons (Fsp3) is 0.231. The molecule has 34 heavy (non-hydrogen) atoms. The molecule has 1 amide bonds. The second-order valence-corrected chi connectivity index (χ2v) is 8.41. The van der Waals surface area contributed by atoms with Crippen molar-refractivity contribution in [1.82, 2.24) is 4.98 Å². The van der Waals surface area contributed by atoms with Crippen LogP contribution in [0.2, 0.25) is 0 Å². The molecule has 0 spiro atoms. The number of fused-ring (bicyclic) bond motifs is 1. The van der Waals surface area contributed by atoms with E-state index in [-0.39, 0.29) is 0 Å². The van der Waals surface area contributed by atoms with E-state index < -0.39 is 23.2 Å². The Morgan fingerprint density at radius 1 is 1.03 bits per heavy atom. The van der Waals surface area contributed by atoms with Gasteiger partial charge in [0.2, 0.25) is 5.89 Å². The number of hydrogen-bond acceptors (Lipinski definition) is 4. The molecular weight excluding hydrogens is 443 g/mol. The number of oxazole rings is 1. The Kier molecular flexibility index (Phi) is 5.51. The number of anilines is 2. The number of aromatic nitrogens is 1. The number of halogens is 3. The van der Waals surface area contributed by atoms with Crippen molar-refractivity contribution in [2.45, 2.75) is 25.9 Å². The van der Waals surface area contributed by atoms with Gasteiger partial charge < -0.3 is 14.6 Å². The predicted molar refractivity (Wildman–Crippen MR) is 125 cm³/mol. The average molecular weight is 465 g/mol. The first-order valence-electron chi connectivity index (χ1n) is 11.0. The molecule has 174 valence electrons. The zero-order valence-electron chi connectivity index (χ0n) is 18.4. The summed E-state index contributed by atoms with van der Waals surface area (Å²) in [5.41, 5.74) is 2.95. The minimum atomic E-state index is -4.63. The molecule has 4 aromatic rings. The third kappa shape index (κ3) is 4.23. The van der Waals surface area contributed by atoms with E-state index in [1.54, 1.807) is 12.1 Å². The number of rotatable bonds is 4. The molecule has 1 aromatic heterocycles. The highest BCUT2D eigenvalue weighted by molar-refractivity contribution is 6.06. The van der Waals surface area contributed by atoms with Gasteiger partial charge in [0.05, 0.1) is 16.7 Å². The Morgan fingerprint density at radius 3 is 2.56 bits per heavy atom. The summed E-state index contributed by atoms with van der Waals surface area (Å²) < 4.78 is 46.2. The monoisotopic (exact) mass is 465 g/mol. The molecule has 5 nitrogen and oxygen atoms in total. The molecule has 0 atom stereocenters. The second-order valence-electron chi connectivity index (χ2n) is 8.41. The Bertz CT molecular complexity index is 1370. The largest absolute Gasteiger partial charge is 0.436 e. The van der Waals surface area contributed by atoms with E-state index in [4.69, 9.17) is 4.42 Å². The van der Waals surface area contributed by atoms with Crippen LogP contribution in [0, 0.1) is 6.92 Å². The summed E-state index contributed by atoms with van der Waals surface area (Å²) in [7, 11) is 0. The number of aryl methyl sites for hydroxylation is 1. The van der Waals surface area contributed by atoms with E-state index >= 15 is 0 Å². The first-order valence-corrected chi connectivity index (χ1v) is 11.0. The van der Waals surface area contributed by atoms with Gasteiger partial charge in [-0.25, -0.2) is 4.98 Å². The molecule has 1 N–H and O–H groups in total. The summed E-state index contributed by atoms with van der Waals surface area (Å²) in [6, 6.07) is 15.7. The van der Waals surface area contributed by atoms with Crippen molar-refractivity contribution in [2.24, 2.45) is 0 Å². The van der Waals surface area contributed by atoms with Crippen LogP contribution < -0.4 is 10.2 Å². The number of benzene rings is 3. The minimum absolute atomic E-state index is 0.360. The van der Waals surface area contributed by atoms with E-state index in [0.29, 0.717) is 22.7 Å². The van der Waals surface area contributed by atoms with Crippen LogP contribution in [0.25, 0.3) is 22.6 Å². The summed E-state index contributed by atoms with van der Waals surface area (Å²) in [4.78, 5) is 19.7. The summed E-state index contributed by atoms with van der Waals surface area (Å²) >= 11 is 0. The molecule has 8 heteroatoms. The van der Waals surface area contributed by atoms with Crippen LogP contribution in [0.1, 0.15) is 34.3 Å². The third-order valence-electron chi connectivity index (χ3n) is 5.95. The zero-order valence-corrected chi connectivity index (χ0v) is 18.4. The lowest BCUT2D eigenvalue weighted by Gasteiger charge is -2.21. The summed E-state index contributed by atoms with van der Waals surface area (Å²) in [6.07, 6.45) is -2.49. The van der Waals surface area contributed by atoms with E-state index in [2.05, 4.69) is 15.2 Å². The zero-order chi connectivity index (χ0) is 23.9. The quantitative estimate of drug-likeness (QED) is 0.366. The Labute approximate surface area is 194 Å². The molecule has 1 saturated heterocycles. The van der Waals surface area contributed by atoms with Gasteiger partial charge in [-0.15, -0.1) is 0 Å². The maximum Gasteiger partial charge on any atom is 0.417 e. The molecular formula is C26H22F3N3O2. The molecule has 0 saturated carbocycles. The Balaban J connectivity index is 1.54. The van der Waals surface area contributed by atoms with E-state index in [0.717, 1.165) is 48.8 Å². The van der Waals surface area contributed by atoms with Gasteiger partial charge in [0, 0.05) is 24.5 Å². The summed E-state index contributed by atoms with van der Waals surface area (Å²) in [5, 5.41) is 2.61. The normalized spacial score (nSPS) is 14.1. The standard InChI is InChI=1S/C26H22F3N3O2/c1-16-8-11-23-21(14-16)31-25(34-23)19-15-17(9-10-22(19)32-12-4-5-13-32)30-24(33)18-6-2-3-7-20(18)26(27,28)29/h2-3,6-11,14-15H,4-5,12-13H2,1H3,(H,30,33). The Hall–Kier alpha value is -3.81. The lowest BCUT2D eigenvalue weighted by molar-refractivity contribution is -0.137. The summed E-state index contributed by atoms with van der Waals surface area (Å²) in [5.74, 6) is -0.435. The van der Waals surface area contributed by atoms with Crippen LogP contribution in [-0.2, 0) is 6.18 Å². The Morgan fingerprint density at radius 2 is 1.79 bits per heavy atom. The SMILES string of the molecule is Cc1ccc2oc(-c3cc(NC(=O)c4ccccc4C(F)(F)F)ccc3N3CCCC3)nc2c1. The minimum Gasteiger partial charge on any atom is -0.436 e. The smallest absolute Gasteiger partial charge is 0.417 e. The highest BCUT2D eigenvalue weighted by Crippen LogP contribution is 2.37. The first-order chi connectivity index (χ1) is 16.3. The second kappa shape index (κ2) is 8.52. The van der Waals surface area contributed by atoms with Crippen LogP contribution in [-0.4, -0.2) is 24.0 Å². The van der Waals surface area contributed by atoms with Crippen LogP contribution >= 0.6 is 0 Å². The highest BCUT2D eigenvalue weighted by atomic mass is 19.4. The molecule has 1 fully saturated rings. The van der Waals surface area contributed by atoms with Crippen molar-refractivity contribution in [2.75, 3.05) is 23.3 Å².